The number of anilines is 1. The van der Waals surface area contributed by atoms with Crippen LogP contribution in [0.25, 0.3) is 22.4 Å². The molecule has 38 heavy (non-hydrogen) atoms. The monoisotopic (exact) mass is 554 g/mol. The maximum atomic E-state index is 13.5. The first kappa shape index (κ1) is 25.1. The number of nitrogens with zero attached hydrogens (tertiary/aromatic N) is 4. The number of halogens is 1. The second-order valence-electron chi connectivity index (χ2n) is 10.3. The summed E-state index contributed by atoms with van der Waals surface area (Å²) in [4.78, 5) is 37.4. The Morgan fingerprint density at radius 3 is 2.39 bits per heavy atom. The van der Waals surface area contributed by atoms with Gasteiger partial charge in [-0.25, -0.2) is 23.2 Å². The first-order valence-electron chi connectivity index (χ1n) is 12.8. The van der Waals surface area contributed by atoms with Gasteiger partial charge in [-0.1, -0.05) is 11.6 Å². The predicted octanol–water partition coefficient (Wildman–Crippen LogP) is 4.41. The van der Waals surface area contributed by atoms with E-state index in [0.29, 0.717) is 38.9 Å². The normalized spacial score (nSPS) is 17.8. The third kappa shape index (κ3) is 4.29. The number of benzene rings is 1. The van der Waals surface area contributed by atoms with Crippen LogP contribution >= 0.6 is 11.6 Å². The Kier molecular flexibility index (Phi) is 6.07. The number of esters is 1. The second kappa shape index (κ2) is 9.20. The van der Waals surface area contributed by atoms with Crippen LogP contribution in [0.4, 0.5) is 5.95 Å². The van der Waals surface area contributed by atoms with Crippen molar-refractivity contribution in [3.63, 3.8) is 0 Å². The maximum Gasteiger partial charge on any atom is 0.344 e. The van der Waals surface area contributed by atoms with E-state index in [2.05, 4.69) is 14.9 Å². The zero-order chi connectivity index (χ0) is 26.8. The number of rotatable bonds is 5. The number of carbonyl (C=O) groups excluding carboxylic acids is 1. The van der Waals surface area contributed by atoms with E-state index in [-0.39, 0.29) is 22.3 Å². The fraction of sp³-hybridized carbons (Fsp3) is 0.407. The van der Waals surface area contributed by atoms with Gasteiger partial charge in [-0.3, -0.25) is 4.79 Å². The van der Waals surface area contributed by atoms with Crippen LogP contribution in [0.1, 0.15) is 61.5 Å². The molecule has 198 valence electrons. The molecule has 0 radical (unpaired) electrons. The van der Waals surface area contributed by atoms with Crippen molar-refractivity contribution in [1.82, 2.24) is 14.5 Å². The smallest absolute Gasteiger partial charge is 0.344 e. The number of sulfone groups is 1. The van der Waals surface area contributed by atoms with Crippen LogP contribution in [0.5, 0.6) is 0 Å². The van der Waals surface area contributed by atoms with E-state index >= 15 is 0 Å². The summed E-state index contributed by atoms with van der Waals surface area (Å²) in [6.45, 7) is 5.22. The van der Waals surface area contributed by atoms with Crippen molar-refractivity contribution in [1.29, 1.82) is 0 Å². The topological polar surface area (TPSA) is 111 Å². The van der Waals surface area contributed by atoms with Gasteiger partial charge in [0.15, 0.2) is 9.84 Å². The highest BCUT2D eigenvalue weighted by Crippen LogP contribution is 2.46. The summed E-state index contributed by atoms with van der Waals surface area (Å²) in [6, 6.07) is 4.41. The Morgan fingerprint density at radius 2 is 1.76 bits per heavy atom. The van der Waals surface area contributed by atoms with E-state index in [1.165, 1.54) is 6.07 Å². The second-order valence-corrected chi connectivity index (χ2v) is 12.7. The van der Waals surface area contributed by atoms with Crippen LogP contribution in [0, 0.1) is 0 Å². The Bertz CT molecular complexity index is 1620. The molecule has 2 aliphatic heterocycles. The lowest BCUT2D eigenvalue weighted by Crippen LogP contribution is -2.32. The van der Waals surface area contributed by atoms with E-state index in [0.717, 1.165) is 38.8 Å². The SMILES string of the molecule is CC(C)OC(=O)c1cc2c(n(C3CC3)c1=O)-c1cc(Cl)c(-c3cnc(N4CCCC4)nc3)cc1S(=O)(=O)C2. The molecule has 1 aromatic carbocycles. The molecule has 6 rings (SSSR count). The Morgan fingerprint density at radius 1 is 1.08 bits per heavy atom. The number of hydrogen-bond acceptors (Lipinski definition) is 8. The molecule has 0 amide bonds. The van der Waals surface area contributed by atoms with Crippen molar-refractivity contribution in [3.05, 3.63) is 57.1 Å². The lowest BCUT2D eigenvalue weighted by molar-refractivity contribution is 0.0375. The highest BCUT2D eigenvalue weighted by atomic mass is 35.5. The fourth-order valence-electron chi connectivity index (χ4n) is 5.25. The molecular weight excluding hydrogens is 528 g/mol. The molecule has 0 atom stereocenters. The quantitative estimate of drug-likeness (QED) is 0.426. The van der Waals surface area contributed by atoms with Crippen molar-refractivity contribution in [2.45, 2.75) is 62.3 Å². The maximum absolute atomic E-state index is 13.5. The Hall–Kier alpha value is -3.24. The molecular formula is C27H27ClN4O5S. The number of carbonyl (C=O) groups is 1. The molecule has 9 nitrogen and oxygen atoms in total. The minimum absolute atomic E-state index is 0.0966. The number of pyridine rings is 1. The van der Waals surface area contributed by atoms with Gasteiger partial charge >= 0.3 is 5.97 Å². The Labute approximate surface area is 225 Å². The third-order valence-electron chi connectivity index (χ3n) is 7.13. The molecule has 2 aromatic heterocycles. The van der Waals surface area contributed by atoms with E-state index in [4.69, 9.17) is 16.3 Å². The van der Waals surface area contributed by atoms with Crippen molar-refractivity contribution >= 4 is 33.4 Å². The average Bonchev–Trinajstić information content (AvgIpc) is 3.55. The van der Waals surface area contributed by atoms with E-state index in [1.807, 2.05) is 0 Å². The van der Waals surface area contributed by atoms with Crippen LogP contribution in [-0.4, -0.2) is 48.1 Å². The molecule has 3 aliphatic rings. The van der Waals surface area contributed by atoms with Crippen LogP contribution in [0.3, 0.4) is 0 Å². The molecule has 1 saturated carbocycles. The molecule has 2 fully saturated rings. The zero-order valence-corrected chi connectivity index (χ0v) is 22.7. The van der Waals surface area contributed by atoms with Crippen molar-refractivity contribution in [2.75, 3.05) is 18.0 Å². The highest BCUT2D eigenvalue weighted by Gasteiger charge is 2.37. The van der Waals surface area contributed by atoms with Gasteiger partial charge in [-0.2, -0.15) is 0 Å². The van der Waals surface area contributed by atoms with E-state index in [9.17, 15) is 18.0 Å². The van der Waals surface area contributed by atoms with Gasteiger partial charge in [0.2, 0.25) is 5.95 Å². The summed E-state index contributed by atoms with van der Waals surface area (Å²) in [5, 5.41) is 0.322. The number of aromatic nitrogens is 3. The predicted molar refractivity (Wildman–Crippen MR) is 143 cm³/mol. The van der Waals surface area contributed by atoms with Crippen LogP contribution in [0.15, 0.2) is 40.3 Å². The molecule has 11 heteroatoms. The zero-order valence-electron chi connectivity index (χ0n) is 21.1. The summed E-state index contributed by atoms with van der Waals surface area (Å²) >= 11 is 6.73. The molecule has 3 aromatic rings. The summed E-state index contributed by atoms with van der Waals surface area (Å²) in [5.74, 6) is -0.450. The van der Waals surface area contributed by atoms with Crippen molar-refractivity contribution < 1.29 is 17.9 Å². The van der Waals surface area contributed by atoms with E-state index in [1.54, 1.807) is 42.9 Å². The standard InChI is InChI=1S/C27H27ClN4O5S/c1-15(2)37-26(34)21-9-16-14-38(35,36)23-11-19(17-12-29-27(30-13-17)31-7-3-4-8-31)22(28)10-20(23)24(16)32(25(21)33)18-5-6-18/h9-13,15,18H,3-8,14H2,1-2H3. The minimum atomic E-state index is -3.80. The lowest BCUT2D eigenvalue weighted by atomic mass is 9.99. The highest BCUT2D eigenvalue weighted by molar-refractivity contribution is 7.90. The van der Waals surface area contributed by atoms with Crippen molar-refractivity contribution in [2.24, 2.45) is 0 Å². The first-order chi connectivity index (χ1) is 18.1. The number of ether oxygens (including phenoxy) is 1. The summed E-state index contributed by atoms with van der Waals surface area (Å²) in [5.41, 5.74) is 1.73. The van der Waals surface area contributed by atoms with E-state index < -0.39 is 27.5 Å². The van der Waals surface area contributed by atoms with Crippen LogP contribution in [0.2, 0.25) is 5.02 Å². The van der Waals surface area contributed by atoms with Gasteiger partial charge in [0.25, 0.3) is 5.56 Å². The Balaban J connectivity index is 1.49. The minimum Gasteiger partial charge on any atom is -0.459 e. The number of fused-ring (bicyclic) bond motifs is 3. The van der Waals surface area contributed by atoms with Gasteiger partial charge in [0.05, 0.1) is 22.4 Å². The first-order valence-corrected chi connectivity index (χ1v) is 14.8. The molecule has 0 bridgehead atoms. The average molecular weight is 555 g/mol. The molecule has 0 unspecified atom stereocenters. The van der Waals surface area contributed by atoms with Gasteiger partial charge in [0, 0.05) is 53.2 Å². The van der Waals surface area contributed by atoms with Crippen LogP contribution in [-0.2, 0) is 20.3 Å². The van der Waals surface area contributed by atoms with Crippen molar-refractivity contribution in [3.8, 4) is 22.4 Å². The largest absolute Gasteiger partial charge is 0.459 e. The summed E-state index contributed by atoms with van der Waals surface area (Å²) in [7, 11) is -3.80. The molecule has 0 spiro atoms. The third-order valence-corrected chi connectivity index (χ3v) is 9.14. The van der Waals surface area contributed by atoms with Gasteiger partial charge < -0.3 is 14.2 Å². The number of hydrogen-bond donors (Lipinski definition) is 0. The molecule has 1 saturated heterocycles. The van der Waals surface area contributed by atoms with Crippen LogP contribution < -0.4 is 10.5 Å². The lowest BCUT2D eigenvalue weighted by Gasteiger charge is -2.26. The van der Waals surface area contributed by atoms with Gasteiger partial charge in [0.1, 0.15) is 5.56 Å². The van der Waals surface area contributed by atoms with Gasteiger partial charge in [-0.15, -0.1) is 0 Å². The van der Waals surface area contributed by atoms with Gasteiger partial charge in [-0.05, 0) is 63.3 Å². The molecule has 0 N–H and O–H groups in total. The summed E-state index contributed by atoms with van der Waals surface area (Å²) in [6.07, 6.45) is 6.64. The fourth-order valence-corrected chi connectivity index (χ4v) is 7.09. The molecule has 4 heterocycles. The summed E-state index contributed by atoms with van der Waals surface area (Å²) < 4.78 is 33.9. The molecule has 1 aliphatic carbocycles.